The molecule has 1 aliphatic rings. The second-order valence-electron chi connectivity index (χ2n) is 4.95. The molecular weight excluding hydrogens is 276 g/mol. The monoisotopic (exact) mass is 294 g/mol. The fraction of sp³-hybridized carbons (Fsp3) is 0.467. The summed E-state index contributed by atoms with van der Waals surface area (Å²) in [7, 11) is 0. The summed E-state index contributed by atoms with van der Waals surface area (Å²) >= 11 is 5.76. The Morgan fingerprint density at radius 2 is 2.00 bits per heavy atom. The highest BCUT2D eigenvalue weighted by Gasteiger charge is 2.10. The molecular formula is C15H19ClN2O2. The van der Waals surface area contributed by atoms with Crippen LogP contribution in [0.15, 0.2) is 29.4 Å². The first-order chi connectivity index (χ1) is 9.74. The SMILES string of the molecule is O=C(COc1ccc(Cl)cc1)NN=CC1CCCCC1. The summed E-state index contributed by atoms with van der Waals surface area (Å²) in [6.45, 7) is -0.0519. The molecule has 1 aliphatic carbocycles. The molecule has 0 unspecified atom stereocenters. The first kappa shape index (κ1) is 14.9. The maximum absolute atomic E-state index is 11.5. The summed E-state index contributed by atoms with van der Waals surface area (Å²) in [4.78, 5) is 11.5. The molecule has 1 N–H and O–H groups in total. The second-order valence-corrected chi connectivity index (χ2v) is 5.39. The zero-order chi connectivity index (χ0) is 14.2. The number of hydrazone groups is 1. The minimum atomic E-state index is -0.257. The van der Waals surface area contributed by atoms with Crippen molar-refractivity contribution in [3.8, 4) is 5.75 Å². The third kappa shape index (κ3) is 5.21. The van der Waals surface area contributed by atoms with E-state index in [1.165, 1.54) is 32.1 Å². The van der Waals surface area contributed by atoms with Crippen LogP contribution in [0.1, 0.15) is 32.1 Å². The summed E-state index contributed by atoms with van der Waals surface area (Å²) in [5, 5.41) is 4.63. The van der Waals surface area contributed by atoms with Crippen LogP contribution in [0.5, 0.6) is 5.75 Å². The number of hydrogen-bond acceptors (Lipinski definition) is 3. The van der Waals surface area contributed by atoms with E-state index >= 15 is 0 Å². The summed E-state index contributed by atoms with van der Waals surface area (Å²) in [5.41, 5.74) is 2.49. The highest BCUT2D eigenvalue weighted by molar-refractivity contribution is 6.30. The van der Waals surface area contributed by atoms with Gasteiger partial charge in [-0.05, 0) is 43.0 Å². The number of carbonyl (C=O) groups is 1. The molecule has 1 aromatic rings. The van der Waals surface area contributed by atoms with Crippen LogP contribution in [0.25, 0.3) is 0 Å². The average molecular weight is 295 g/mol. The van der Waals surface area contributed by atoms with Crippen LogP contribution < -0.4 is 10.2 Å². The molecule has 0 aromatic heterocycles. The minimum absolute atomic E-state index is 0.0519. The van der Waals surface area contributed by atoms with Gasteiger partial charge in [0, 0.05) is 11.2 Å². The van der Waals surface area contributed by atoms with Crippen LogP contribution in [0.4, 0.5) is 0 Å². The summed E-state index contributed by atoms with van der Waals surface area (Å²) in [6.07, 6.45) is 8.00. The quantitative estimate of drug-likeness (QED) is 0.668. The van der Waals surface area contributed by atoms with E-state index in [0.717, 1.165) is 0 Å². The Kier molecular flexibility index (Phi) is 5.87. The van der Waals surface area contributed by atoms with Crippen molar-refractivity contribution < 1.29 is 9.53 Å². The number of benzene rings is 1. The number of halogens is 1. The van der Waals surface area contributed by atoms with Gasteiger partial charge in [-0.15, -0.1) is 0 Å². The van der Waals surface area contributed by atoms with Gasteiger partial charge in [-0.25, -0.2) is 5.43 Å². The second kappa shape index (κ2) is 7.90. The fourth-order valence-corrected chi connectivity index (χ4v) is 2.34. The number of rotatable bonds is 5. The van der Waals surface area contributed by atoms with Crippen LogP contribution in [-0.4, -0.2) is 18.7 Å². The third-order valence-corrected chi connectivity index (χ3v) is 3.56. The van der Waals surface area contributed by atoms with Crippen molar-refractivity contribution in [1.82, 2.24) is 5.43 Å². The van der Waals surface area contributed by atoms with Crippen LogP contribution >= 0.6 is 11.6 Å². The van der Waals surface area contributed by atoms with Gasteiger partial charge < -0.3 is 4.74 Å². The molecule has 0 heterocycles. The van der Waals surface area contributed by atoms with Gasteiger partial charge >= 0.3 is 0 Å². The van der Waals surface area contributed by atoms with Gasteiger partial charge in [0.05, 0.1) is 0 Å². The van der Waals surface area contributed by atoms with Gasteiger partial charge in [0.2, 0.25) is 0 Å². The first-order valence-corrected chi connectivity index (χ1v) is 7.32. The van der Waals surface area contributed by atoms with Crippen LogP contribution in [0.3, 0.4) is 0 Å². The van der Waals surface area contributed by atoms with Crippen molar-refractivity contribution in [2.75, 3.05) is 6.61 Å². The number of nitrogens with one attached hydrogen (secondary N) is 1. The molecule has 1 aromatic carbocycles. The molecule has 4 nitrogen and oxygen atoms in total. The van der Waals surface area contributed by atoms with Gasteiger partial charge in [0.1, 0.15) is 5.75 Å². The lowest BCUT2D eigenvalue weighted by molar-refractivity contribution is -0.123. The summed E-state index contributed by atoms with van der Waals surface area (Å²) < 4.78 is 5.32. The van der Waals surface area contributed by atoms with E-state index in [-0.39, 0.29) is 12.5 Å². The normalized spacial score (nSPS) is 16.2. The van der Waals surface area contributed by atoms with E-state index in [0.29, 0.717) is 16.7 Å². The zero-order valence-electron chi connectivity index (χ0n) is 11.3. The highest BCUT2D eigenvalue weighted by Crippen LogP contribution is 2.21. The Bertz CT molecular complexity index is 453. The number of nitrogens with zero attached hydrogens (tertiary/aromatic N) is 1. The summed E-state index contributed by atoms with van der Waals surface area (Å²) in [6, 6.07) is 6.88. The molecule has 5 heteroatoms. The molecule has 1 fully saturated rings. The first-order valence-electron chi connectivity index (χ1n) is 6.94. The van der Waals surface area contributed by atoms with Crippen molar-refractivity contribution in [2.24, 2.45) is 11.0 Å². The van der Waals surface area contributed by atoms with E-state index in [9.17, 15) is 4.79 Å². The van der Waals surface area contributed by atoms with Gasteiger partial charge in [-0.1, -0.05) is 30.9 Å². The van der Waals surface area contributed by atoms with Gasteiger partial charge in [-0.2, -0.15) is 5.10 Å². The van der Waals surface area contributed by atoms with Crippen molar-refractivity contribution >= 4 is 23.7 Å². The molecule has 0 spiro atoms. The van der Waals surface area contributed by atoms with E-state index < -0.39 is 0 Å². The Morgan fingerprint density at radius 1 is 1.30 bits per heavy atom. The predicted molar refractivity (Wildman–Crippen MR) is 80.2 cm³/mol. The molecule has 108 valence electrons. The number of amides is 1. The predicted octanol–water partition coefficient (Wildman–Crippen LogP) is 3.40. The van der Waals surface area contributed by atoms with Gasteiger partial charge in [-0.3, -0.25) is 4.79 Å². The van der Waals surface area contributed by atoms with Gasteiger partial charge in [0.25, 0.3) is 5.91 Å². The lowest BCUT2D eigenvalue weighted by atomic mass is 9.90. The summed E-state index contributed by atoms with van der Waals surface area (Å²) in [5.74, 6) is 0.856. The van der Waals surface area contributed by atoms with Crippen LogP contribution in [-0.2, 0) is 4.79 Å². The Labute approximate surface area is 124 Å². The number of hydrogen-bond donors (Lipinski definition) is 1. The zero-order valence-corrected chi connectivity index (χ0v) is 12.1. The molecule has 0 bridgehead atoms. The van der Waals surface area contributed by atoms with Crippen molar-refractivity contribution in [1.29, 1.82) is 0 Å². The van der Waals surface area contributed by atoms with Crippen molar-refractivity contribution in [3.63, 3.8) is 0 Å². The average Bonchev–Trinajstić information content (AvgIpc) is 2.48. The van der Waals surface area contributed by atoms with Crippen LogP contribution in [0.2, 0.25) is 5.02 Å². The van der Waals surface area contributed by atoms with Crippen molar-refractivity contribution in [2.45, 2.75) is 32.1 Å². The lowest BCUT2D eigenvalue weighted by Gasteiger charge is -2.16. The molecule has 0 aliphatic heterocycles. The largest absolute Gasteiger partial charge is 0.484 e. The van der Waals surface area contributed by atoms with Gasteiger partial charge in [0.15, 0.2) is 6.61 Å². The molecule has 0 saturated heterocycles. The molecule has 20 heavy (non-hydrogen) atoms. The molecule has 1 amide bonds. The maximum Gasteiger partial charge on any atom is 0.277 e. The smallest absolute Gasteiger partial charge is 0.277 e. The topological polar surface area (TPSA) is 50.7 Å². The molecule has 0 radical (unpaired) electrons. The van der Waals surface area contributed by atoms with E-state index in [1.807, 2.05) is 6.21 Å². The van der Waals surface area contributed by atoms with E-state index in [2.05, 4.69) is 10.5 Å². The Morgan fingerprint density at radius 3 is 2.70 bits per heavy atom. The minimum Gasteiger partial charge on any atom is -0.484 e. The number of carbonyl (C=O) groups excluding carboxylic acids is 1. The molecule has 1 saturated carbocycles. The fourth-order valence-electron chi connectivity index (χ4n) is 2.21. The Hall–Kier alpha value is -1.55. The highest BCUT2D eigenvalue weighted by atomic mass is 35.5. The maximum atomic E-state index is 11.5. The van der Waals surface area contributed by atoms with E-state index in [1.54, 1.807) is 24.3 Å². The van der Waals surface area contributed by atoms with E-state index in [4.69, 9.17) is 16.3 Å². The van der Waals surface area contributed by atoms with Crippen LogP contribution in [0, 0.1) is 5.92 Å². The van der Waals surface area contributed by atoms with Crippen molar-refractivity contribution in [3.05, 3.63) is 29.3 Å². The molecule has 0 atom stereocenters. The third-order valence-electron chi connectivity index (χ3n) is 3.31. The standard InChI is InChI=1S/C15H19ClN2O2/c16-13-6-8-14(9-7-13)20-11-15(19)18-17-10-12-4-2-1-3-5-12/h6-10,12H,1-5,11H2,(H,18,19). The Balaban J connectivity index is 1.67. The number of ether oxygens (including phenoxy) is 1. The molecule has 2 rings (SSSR count). The lowest BCUT2D eigenvalue weighted by Crippen LogP contribution is -2.25.